The minimum Gasteiger partial charge on any atom is -0.497 e. The molecule has 5 atom stereocenters. The van der Waals surface area contributed by atoms with E-state index in [-0.39, 0.29) is 11.5 Å². The Hall–Kier alpha value is -1.02. The molecule has 2 fully saturated rings. The summed E-state index contributed by atoms with van der Waals surface area (Å²) in [5, 5.41) is 10.4. The molecule has 1 aromatic rings. The van der Waals surface area contributed by atoms with Gasteiger partial charge in [0.15, 0.2) is 0 Å². The highest BCUT2D eigenvalue weighted by Crippen LogP contribution is 2.60. The third-order valence-corrected chi connectivity index (χ3v) is 6.89. The summed E-state index contributed by atoms with van der Waals surface area (Å²) in [5.74, 6) is 3.16. The number of aryl methyl sites for hydroxylation is 1. The fourth-order valence-corrected chi connectivity index (χ4v) is 5.64. The Bertz CT molecular complexity index is 552. The van der Waals surface area contributed by atoms with Crippen LogP contribution in [-0.4, -0.2) is 18.3 Å². The summed E-state index contributed by atoms with van der Waals surface area (Å²) in [6, 6.07) is 6.65. The molecule has 3 aliphatic rings. The van der Waals surface area contributed by atoms with Crippen molar-refractivity contribution in [1.82, 2.24) is 0 Å². The van der Waals surface area contributed by atoms with Crippen LogP contribution in [0.5, 0.6) is 5.75 Å². The molecule has 0 spiro atoms. The van der Waals surface area contributed by atoms with E-state index in [1.807, 2.05) is 0 Å². The van der Waals surface area contributed by atoms with Crippen LogP contribution >= 0.6 is 0 Å². The Balaban J connectivity index is 1.71. The zero-order chi connectivity index (χ0) is 14.6. The van der Waals surface area contributed by atoms with Crippen molar-refractivity contribution in [3.05, 3.63) is 29.3 Å². The number of fused-ring (bicyclic) bond motifs is 5. The summed E-state index contributed by atoms with van der Waals surface area (Å²) in [6.07, 6.45) is 7.06. The number of hydrogen-bond donors (Lipinski definition) is 1. The fraction of sp³-hybridized carbons (Fsp3) is 0.684. The molecule has 1 N–H and O–H groups in total. The predicted octanol–water partition coefficient (Wildman–Crippen LogP) is 3.91. The minimum atomic E-state index is -0.0739. The molecule has 0 amide bonds. The van der Waals surface area contributed by atoms with Gasteiger partial charge in [0.1, 0.15) is 5.75 Å². The molecule has 3 aliphatic carbocycles. The normalized spacial score (nSPS) is 41.1. The lowest BCUT2D eigenvalue weighted by Gasteiger charge is -2.50. The summed E-state index contributed by atoms with van der Waals surface area (Å²) >= 11 is 0. The molecule has 0 heterocycles. The first-order chi connectivity index (χ1) is 10.1. The molecule has 4 rings (SSSR count). The fourth-order valence-electron chi connectivity index (χ4n) is 5.64. The SMILES string of the molecule is COc1ccc2c(c1)[C@H]1CC[C@]3(C)[C@@H](O)CC[C@H]3[C@@H]1CC2. The highest BCUT2D eigenvalue weighted by atomic mass is 16.5. The number of ether oxygens (including phenoxy) is 1. The second kappa shape index (κ2) is 4.74. The van der Waals surface area contributed by atoms with Crippen LogP contribution < -0.4 is 4.74 Å². The van der Waals surface area contributed by atoms with Gasteiger partial charge >= 0.3 is 0 Å². The second-order valence-corrected chi connectivity index (χ2v) is 7.62. The van der Waals surface area contributed by atoms with Gasteiger partial charge in [0.05, 0.1) is 13.2 Å². The molecular formula is C19H26O2. The van der Waals surface area contributed by atoms with Crippen molar-refractivity contribution in [2.75, 3.05) is 7.11 Å². The molecule has 2 heteroatoms. The summed E-state index contributed by atoms with van der Waals surface area (Å²) in [7, 11) is 1.76. The lowest BCUT2D eigenvalue weighted by atomic mass is 9.55. The highest BCUT2D eigenvalue weighted by Gasteiger charge is 2.54. The van der Waals surface area contributed by atoms with E-state index < -0.39 is 0 Å². The van der Waals surface area contributed by atoms with Gasteiger partial charge in [-0.2, -0.15) is 0 Å². The summed E-state index contributed by atoms with van der Waals surface area (Å²) in [4.78, 5) is 0. The minimum absolute atomic E-state index is 0.0739. The third kappa shape index (κ3) is 1.88. The number of benzene rings is 1. The van der Waals surface area contributed by atoms with Gasteiger partial charge in [0.2, 0.25) is 0 Å². The number of rotatable bonds is 1. The first-order valence-corrected chi connectivity index (χ1v) is 8.48. The Kier molecular flexibility index (Phi) is 3.08. The number of aliphatic hydroxyl groups is 1. The maximum Gasteiger partial charge on any atom is 0.119 e. The smallest absolute Gasteiger partial charge is 0.119 e. The van der Waals surface area contributed by atoms with E-state index in [1.165, 1.54) is 43.2 Å². The Morgan fingerprint density at radius 2 is 2.05 bits per heavy atom. The maximum atomic E-state index is 10.4. The van der Waals surface area contributed by atoms with Crippen molar-refractivity contribution >= 4 is 0 Å². The van der Waals surface area contributed by atoms with E-state index in [0.29, 0.717) is 11.8 Å². The molecule has 1 aromatic carbocycles. The van der Waals surface area contributed by atoms with Gasteiger partial charge in [-0.05, 0) is 85.0 Å². The van der Waals surface area contributed by atoms with E-state index in [2.05, 4.69) is 25.1 Å². The first-order valence-electron chi connectivity index (χ1n) is 8.48. The van der Waals surface area contributed by atoms with Crippen molar-refractivity contribution < 1.29 is 9.84 Å². The van der Waals surface area contributed by atoms with Gasteiger partial charge in [0, 0.05) is 0 Å². The number of aliphatic hydroxyl groups excluding tert-OH is 1. The van der Waals surface area contributed by atoms with Gasteiger partial charge in [-0.15, -0.1) is 0 Å². The Labute approximate surface area is 127 Å². The zero-order valence-electron chi connectivity index (χ0n) is 13.1. The van der Waals surface area contributed by atoms with Crippen LogP contribution in [0.2, 0.25) is 0 Å². The first kappa shape index (κ1) is 13.6. The van der Waals surface area contributed by atoms with E-state index in [1.54, 1.807) is 7.11 Å². The van der Waals surface area contributed by atoms with Crippen molar-refractivity contribution in [3.8, 4) is 5.75 Å². The van der Waals surface area contributed by atoms with Crippen LogP contribution in [0.1, 0.15) is 56.1 Å². The molecule has 0 radical (unpaired) electrons. The van der Waals surface area contributed by atoms with Crippen LogP contribution in [0.25, 0.3) is 0 Å². The van der Waals surface area contributed by atoms with Crippen LogP contribution in [0.15, 0.2) is 18.2 Å². The molecule has 0 aliphatic heterocycles. The quantitative estimate of drug-likeness (QED) is 0.848. The Morgan fingerprint density at radius 1 is 1.19 bits per heavy atom. The largest absolute Gasteiger partial charge is 0.497 e. The number of methoxy groups -OCH3 is 1. The molecular weight excluding hydrogens is 260 g/mol. The van der Waals surface area contributed by atoms with Gasteiger partial charge in [-0.25, -0.2) is 0 Å². The van der Waals surface area contributed by atoms with Crippen LogP contribution in [0.4, 0.5) is 0 Å². The lowest BCUT2D eigenvalue weighted by molar-refractivity contribution is -0.0226. The number of hydrogen-bond acceptors (Lipinski definition) is 2. The molecule has 0 saturated heterocycles. The zero-order valence-corrected chi connectivity index (χ0v) is 13.1. The molecule has 2 nitrogen and oxygen atoms in total. The second-order valence-electron chi connectivity index (χ2n) is 7.62. The highest BCUT2D eigenvalue weighted by molar-refractivity contribution is 5.41. The summed E-state index contributed by atoms with van der Waals surface area (Å²) < 4.78 is 5.44. The van der Waals surface area contributed by atoms with E-state index in [4.69, 9.17) is 4.74 Å². The third-order valence-electron chi connectivity index (χ3n) is 6.89. The average Bonchev–Trinajstić information content (AvgIpc) is 2.82. The average molecular weight is 286 g/mol. The van der Waals surface area contributed by atoms with Crippen LogP contribution in [-0.2, 0) is 6.42 Å². The summed E-state index contributed by atoms with van der Waals surface area (Å²) in [6.45, 7) is 2.34. The molecule has 21 heavy (non-hydrogen) atoms. The molecule has 2 saturated carbocycles. The van der Waals surface area contributed by atoms with Gasteiger partial charge in [-0.3, -0.25) is 0 Å². The van der Waals surface area contributed by atoms with Gasteiger partial charge in [0.25, 0.3) is 0 Å². The monoisotopic (exact) mass is 286 g/mol. The topological polar surface area (TPSA) is 29.5 Å². The molecule has 0 aromatic heterocycles. The van der Waals surface area contributed by atoms with Crippen molar-refractivity contribution in [2.24, 2.45) is 17.3 Å². The van der Waals surface area contributed by atoms with Crippen LogP contribution in [0, 0.1) is 17.3 Å². The van der Waals surface area contributed by atoms with Gasteiger partial charge in [-0.1, -0.05) is 13.0 Å². The predicted molar refractivity (Wildman–Crippen MR) is 83.6 cm³/mol. The van der Waals surface area contributed by atoms with Crippen LogP contribution in [0.3, 0.4) is 0 Å². The van der Waals surface area contributed by atoms with Crippen molar-refractivity contribution in [2.45, 2.75) is 57.5 Å². The Morgan fingerprint density at radius 3 is 2.86 bits per heavy atom. The van der Waals surface area contributed by atoms with Crippen molar-refractivity contribution in [1.29, 1.82) is 0 Å². The standard InChI is InChI=1S/C19H26O2/c1-19-10-9-14-15(17(19)7-8-18(19)20)6-4-12-3-5-13(21-2)11-16(12)14/h3,5,11,14-15,17-18,20H,4,6-10H2,1-2H3/t14-,15+,17-,18-,19-/m0/s1. The molecule has 0 unspecified atom stereocenters. The summed E-state index contributed by atoms with van der Waals surface area (Å²) in [5.41, 5.74) is 3.24. The van der Waals surface area contributed by atoms with Crippen molar-refractivity contribution in [3.63, 3.8) is 0 Å². The molecule has 0 bridgehead atoms. The van der Waals surface area contributed by atoms with Gasteiger partial charge < -0.3 is 9.84 Å². The molecule has 114 valence electrons. The van der Waals surface area contributed by atoms with E-state index in [0.717, 1.165) is 18.1 Å². The van der Waals surface area contributed by atoms with E-state index >= 15 is 0 Å². The maximum absolute atomic E-state index is 10.4. The van der Waals surface area contributed by atoms with E-state index in [9.17, 15) is 5.11 Å². The lowest BCUT2D eigenvalue weighted by Crippen LogP contribution is -2.43.